The van der Waals surface area contributed by atoms with Crippen LogP contribution >= 0.6 is 15.6 Å². The normalized spacial score (nSPS) is 14.3. The van der Waals surface area contributed by atoms with Gasteiger partial charge in [0.25, 0.3) is 0 Å². The van der Waals surface area contributed by atoms with Crippen molar-refractivity contribution in [3.05, 3.63) is 0 Å². The number of carbonyl (C=O) groups is 4. The molecule has 0 radical (unpaired) electrons. The van der Waals surface area contributed by atoms with Crippen molar-refractivity contribution in [1.29, 1.82) is 0 Å². The van der Waals surface area contributed by atoms with Crippen LogP contribution in [0, 0.1) is 11.8 Å². The predicted octanol–water partition coefficient (Wildman–Crippen LogP) is 22.7. The summed E-state index contributed by atoms with van der Waals surface area (Å²) < 4.78 is 68.3. The van der Waals surface area contributed by atoms with Gasteiger partial charge in [-0.3, -0.25) is 37.3 Å². The zero-order valence-corrected chi connectivity index (χ0v) is 64.5. The van der Waals surface area contributed by atoms with Gasteiger partial charge in [-0.05, 0) is 37.5 Å². The molecule has 0 fully saturated rings. The Labute approximate surface area is 588 Å². The smallest absolute Gasteiger partial charge is 0.462 e. The first-order valence-electron chi connectivity index (χ1n) is 40.0. The highest BCUT2D eigenvalue weighted by Crippen LogP contribution is 2.45. The van der Waals surface area contributed by atoms with Crippen LogP contribution in [-0.4, -0.2) is 96.7 Å². The molecule has 17 nitrogen and oxygen atoms in total. The van der Waals surface area contributed by atoms with Crippen LogP contribution in [0.5, 0.6) is 0 Å². The van der Waals surface area contributed by atoms with E-state index in [1.165, 1.54) is 212 Å². The van der Waals surface area contributed by atoms with Gasteiger partial charge in [0.05, 0.1) is 26.4 Å². The van der Waals surface area contributed by atoms with Crippen molar-refractivity contribution in [3.63, 3.8) is 0 Å². The lowest BCUT2D eigenvalue weighted by atomic mass is 9.99. The molecule has 0 rings (SSSR count). The Hall–Kier alpha value is -1.94. The fraction of sp³-hybridized carbons (Fsp3) is 0.948. The number of ether oxygens (including phenoxy) is 4. The van der Waals surface area contributed by atoms with Crippen molar-refractivity contribution in [2.75, 3.05) is 39.6 Å². The van der Waals surface area contributed by atoms with E-state index in [2.05, 4.69) is 41.5 Å². The molecule has 0 saturated heterocycles. The molecule has 0 heterocycles. The molecule has 6 atom stereocenters. The quantitative estimate of drug-likeness (QED) is 0.0222. The molecule has 0 aliphatic carbocycles. The van der Waals surface area contributed by atoms with E-state index in [0.29, 0.717) is 25.7 Å². The van der Waals surface area contributed by atoms with E-state index >= 15 is 0 Å². The molecule has 0 aromatic rings. The number of rotatable bonds is 76. The van der Waals surface area contributed by atoms with Crippen LogP contribution in [0.25, 0.3) is 0 Å². The summed E-state index contributed by atoms with van der Waals surface area (Å²) in [5.41, 5.74) is 0. The number of unbranched alkanes of at least 4 members (excludes halogenated alkanes) is 45. The number of hydrogen-bond donors (Lipinski definition) is 3. The fourth-order valence-electron chi connectivity index (χ4n) is 11.8. The van der Waals surface area contributed by atoms with E-state index in [-0.39, 0.29) is 25.7 Å². The second-order valence-corrected chi connectivity index (χ2v) is 31.4. The lowest BCUT2D eigenvalue weighted by Gasteiger charge is -2.21. The van der Waals surface area contributed by atoms with Crippen molar-refractivity contribution in [1.82, 2.24) is 0 Å². The van der Waals surface area contributed by atoms with Crippen LogP contribution in [0.1, 0.15) is 401 Å². The van der Waals surface area contributed by atoms with Crippen molar-refractivity contribution in [2.45, 2.75) is 419 Å². The van der Waals surface area contributed by atoms with Gasteiger partial charge >= 0.3 is 39.5 Å². The van der Waals surface area contributed by atoms with Crippen LogP contribution in [-0.2, 0) is 65.4 Å². The number of carbonyl (C=O) groups excluding carboxylic acids is 4. The molecule has 3 N–H and O–H groups in total. The molecule has 0 bridgehead atoms. The molecule has 0 aliphatic rings. The van der Waals surface area contributed by atoms with Gasteiger partial charge in [0.2, 0.25) is 0 Å². The predicted molar refractivity (Wildman–Crippen MR) is 391 cm³/mol. The lowest BCUT2D eigenvalue weighted by molar-refractivity contribution is -0.161. The number of phosphoric ester groups is 2. The van der Waals surface area contributed by atoms with Gasteiger partial charge in [0, 0.05) is 25.7 Å². The van der Waals surface area contributed by atoms with Crippen LogP contribution in [0.2, 0.25) is 0 Å². The number of aliphatic hydroxyl groups excluding tert-OH is 1. The van der Waals surface area contributed by atoms with Gasteiger partial charge < -0.3 is 33.8 Å². The molecule has 0 aromatic heterocycles. The largest absolute Gasteiger partial charge is 0.472 e. The minimum atomic E-state index is -4.96. The van der Waals surface area contributed by atoms with Crippen LogP contribution < -0.4 is 0 Å². The molecule has 3 unspecified atom stereocenters. The SMILES string of the molecule is CCCCCCCCCCCCCCCCCCCC(=O)OC[C@H](COP(=O)(O)OC[C@@H](O)COP(=O)(O)OC[C@@H](COC(=O)CCCCCCC)OC(=O)CCCCCCCCCCCC(C)C)OC(=O)CCCCCCCCCCCCCCCCCCCCC(C)CC. The van der Waals surface area contributed by atoms with Gasteiger partial charge in [-0.25, -0.2) is 9.13 Å². The minimum absolute atomic E-state index is 0.105. The summed E-state index contributed by atoms with van der Waals surface area (Å²) >= 11 is 0. The van der Waals surface area contributed by atoms with Gasteiger partial charge in [-0.15, -0.1) is 0 Å². The average molecular weight is 1410 g/mol. The van der Waals surface area contributed by atoms with Crippen molar-refractivity contribution in [3.8, 4) is 0 Å². The van der Waals surface area contributed by atoms with E-state index in [9.17, 15) is 43.2 Å². The summed E-state index contributed by atoms with van der Waals surface area (Å²) in [6, 6.07) is 0. The third-order valence-corrected chi connectivity index (χ3v) is 20.2. The second-order valence-electron chi connectivity index (χ2n) is 28.5. The number of phosphoric acid groups is 2. The molecule has 0 aliphatic heterocycles. The van der Waals surface area contributed by atoms with E-state index in [1.54, 1.807) is 0 Å². The van der Waals surface area contributed by atoms with Crippen molar-refractivity contribution < 1.29 is 80.2 Å². The second kappa shape index (κ2) is 68.8. The van der Waals surface area contributed by atoms with E-state index in [4.69, 9.17) is 37.0 Å². The molecule has 0 amide bonds. The highest BCUT2D eigenvalue weighted by atomic mass is 31.2. The van der Waals surface area contributed by atoms with Crippen molar-refractivity contribution >= 4 is 39.5 Å². The van der Waals surface area contributed by atoms with Gasteiger partial charge in [-0.1, -0.05) is 350 Å². The highest BCUT2D eigenvalue weighted by Gasteiger charge is 2.30. The molecule has 0 aromatic carbocycles. The van der Waals surface area contributed by atoms with Gasteiger partial charge in [0.15, 0.2) is 12.2 Å². The van der Waals surface area contributed by atoms with E-state index < -0.39 is 97.5 Å². The third-order valence-electron chi connectivity index (χ3n) is 18.3. The Kier molecular flexibility index (Phi) is 67.4. The minimum Gasteiger partial charge on any atom is -0.462 e. The summed E-state index contributed by atoms with van der Waals surface area (Å²) in [6.45, 7) is 9.55. The van der Waals surface area contributed by atoms with Crippen LogP contribution in [0.3, 0.4) is 0 Å². The third kappa shape index (κ3) is 69.2. The topological polar surface area (TPSA) is 237 Å². The molecular weight excluding hydrogens is 1260 g/mol. The lowest BCUT2D eigenvalue weighted by Crippen LogP contribution is -2.30. The molecule has 570 valence electrons. The number of aliphatic hydroxyl groups is 1. The molecule has 19 heteroatoms. The standard InChI is InChI=1S/C77H150O17P2/c1-7-10-12-14-15-16-17-18-19-22-26-29-32-37-42-48-54-60-75(80)88-66-73(94-76(81)61-55-49-43-38-33-30-27-24-21-20-23-25-28-31-36-41-47-52-58-70(6)9-3)68-92-96(85,86)90-64-71(78)63-89-95(83,84)91-67-72(65-87-74(79)59-53-45-13-11-8-2)93-77(82)62-56-50-44-39-34-35-40-46-51-57-69(4)5/h69-73,78H,7-68H2,1-6H3,(H,83,84)(H,85,86)/t70?,71-,72+,73+/m0/s1. The summed E-state index contributed by atoms with van der Waals surface area (Å²) in [6.07, 6.45) is 57.4. The first-order chi connectivity index (χ1) is 46.4. The average Bonchev–Trinajstić information content (AvgIpc) is 1.34. The molecular formula is C77H150O17P2. The monoisotopic (exact) mass is 1410 g/mol. The summed E-state index contributed by atoms with van der Waals surface area (Å²) in [5, 5.41) is 10.6. The Morgan fingerprint density at radius 2 is 0.531 bits per heavy atom. The number of hydrogen-bond acceptors (Lipinski definition) is 15. The Bertz CT molecular complexity index is 1860. The summed E-state index contributed by atoms with van der Waals surface area (Å²) in [5.74, 6) is -0.519. The summed E-state index contributed by atoms with van der Waals surface area (Å²) in [7, 11) is -9.90. The maximum absolute atomic E-state index is 13.1. The maximum Gasteiger partial charge on any atom is 0.472 e. The number of esters is 4. The molecule has 96 heavy (non-hydrogen) atoms. The van der Waals surface area contributed by atoms with Crippen molar-refractivity contribution in [2.24, 2.45) is 11.8 Å². The Morgan fingerprint density at radius 1 is 0.302 bits per heavy atom. The first-order valence-corrected chi connectivity index (χ1v) is 43.0. The first kappa shape index (κ1) is 94.1. The Morgan fingerprint density at radius 3 is 0.792 bits per heavy atom. The zero-order chi connectivity index (χ0) is 70.7. The van der Waals surface area contributed by atoms with Crippen LogP contribution in [0.15, 0.2) is 0 Å². The van der Waals surface area contributed by atoms with Gasteiger partial charge in [-0.2, -0.15) is 0 Å². The maximum atomic E-state index is 13.1. The fourth-order valence-corrected chi connectivity index (χ4v) is 13.4. The Balaban J connectivity index is 5.12. The van der Waals surface area contributed by atoms with Crippen LogP contribution in [0.4, 0.5) is 0 Å². The highest BCUT2D eigenvalue weighted by molar-refractivity contribution is 7.47. The van der Waals surface area contributed by atoms with Gasteiger partial charge in [0.1, 0.15) is 19.3 Å². The molecule has 0 saturated carbocycles. The van der Waals surface area contributed by atoms with E-state index in [0.717, 1.165) is 108 Å². The van der Waals surface area contributed by atoms with E-state index in [1.807, 2.05) is 0 Å². The molecule has 0 spiro atoms. The zero-order valence-electron chi connectivity index (χ0n) is 62.7. The summed E-state index contributed by atoms with van der Waals surface area (Å²) in [4.78, 5) is 72.5.